The molecule has 576 valence electrons. The van der Waals surface area contributed by atoms with Crippen LogP contribution in [0.1, 0.15) is 303 Å². The highest BCUT2D eigenvalue weighted by Crippen LogP contribution is 2.49. The van der Waals surface area contributed by atoms with Crippen LogP contribution in [-0.2, 0) is 61.2 Å². The lowest BCUT2D eigenvalue weighted by molar-refractivity contribution is -0.360. The second-order valence-corrected chi connectivity index (χ2v) is 29.1. The van der Waals surface area contributed by atoms with Gasteiger partial charge in [0, 0.05) is 19.3 Å². The van der Waals surface area contributed by atoms with Crippen molar-refractivity contribution in [2.45, 2.75) is 407 Å². The normalized spacial score (nSPS) is 27.7. The van der Waals surface area contributed by atoms with Gasteiger partial charge in [-0.15, -0.1) is 0 Å². The van der Waals surface area contributed by atoms with Gasteiger partial charge in [0.05, 0.1) is 13.2 Å². The summed E-state index contributed by atoms with van der Waals surface area (Å²) in [6.07, 6.45) is 14.1. The number of aliphatic hydroxyl groups is 10. The summed E-state index contributed by atoms with van der Waals surface area (Å²) in [6.45, 7) is 3.45. The summed E-state index contributed by atoms with van der Waals surface area (Å²) in [6, 6.07) is 0. The smallest absolute Gasteiger partial charge is 0.463 e. The number of carbonyl (C=O) groups is 3. The maximum atomic E-state index is 14.3. The fraction of sp³-hybridized carbons (Fsp3) is 0.932. The number of unbranched alkanes of at least 4 members (excludes halogenated alkanes) is 37. The van der Waals surface area contributed by atoms with Crippen molar-refractivity contribution in [1.29, 1.82) is 0 Å². The predicted octanol–water partition coefficient (Wildman–Crippen LogP) is 10.7. The number of phosphoric ester groups is 1. The molecule has 3 fully saturated rings. The molecule has 2 heterocycles. The summed E-state index contributed by atoms with van der Waals surface area (Å²) in [4.78, 5) is 51.0. The van der Waals surface area contributed by atoms with Crippen LogP contribution in [0.3, 0.4) is 0 Å². The van der Waals surface area contributed by atoms with E-state index < -0.39 is 156 Å². The summed E-state index contributed by atoms with van der Waals surface area (Å²) in [7, 11) is -5.69. The Hall–Kier alpha value is -2.30. The summed E-state index contributed by atoms with van der Waals surface area (Å²) in [5.74, 6) is -1.99. The fourth-order valence-electron chi connectivity index (χ4n) is 12.8. The molecule has 18 atom stereocenters. The molecule has 3 aliphatic rings. The standard InChI is InChI=1S/C73H135O24P/c1-4-7-10-13-16-19-22-25-27-28-31-34-37-40-43-46-49-59(77)92-54(51-89-57(75)47-44-41-38-35-32-29-24-21-18-15-12-9-6-3)52-91-98(87,88)97-71-69(95-72-67(85)62(80)60(78)55(50-74)93-72)65(83)64(82)66(84)70(71)96-73-68(86)63(81)61(79)56(94-73)53-90-58(76)48-45-42-39-36-33-30-26-23-20-17-14-11-8-5-2/h30,33,54-56,60-74,78-86H,4-29,31-32,34-53H2,1-3H3,(H,87,88)/b33-30-. The third-order valence-electron chi connectivity index (χ3n) is 19.0. The first-order valence-electron chi connectivity index (χ1n) is 38.5. The minimum Gasteiger partial charge on any atom is -0.463 e. The number of esters is 3. The number of allylic oxidation sites excluding steroid dienone is 2. The van der Waals surface area contributed by atoms with E-state index in [0.717, 1.165) is 96.3 Å². The second-order valence-electron chi connectivity index (χ2n) is 27.7. The molecule has 0 spiro atoms. The molecular formula is C73H135O24P. The molecule has 24 nitrogen and oxygen atoms in total. The molecule has 1 aliphatic carbocycles. The highest BCUT2D eigenvalue weighted by molar-refractivity contribution is 7.47. The van der Waals surface area contributed by atoms with Crippen molar-refractivity contribution in [2.24, 2.45) is 0 Å². The maximum absolute atomic E-state index is 14.3. The molecule has 2 saturated heterocycles. The van der Waals surface area contributed by atoms with Crippen LogP contribution in [0.15, 0.2) is 12.2 Å². The van der Waals surface area contributed by atoms with Crippen molar-refractivity contribution in [2.75, 3.05) is 26.4 Å². The van der Waals surface area contributed by atoms with Gasteiger partial charge in [0.25, 0.3) is 0 Å². The van der Waals surface area contributed by atoms with Gasteiger partial charge in [-0.05, 0) is 44.9 Å². The zero-order chi connectivity index (χ0) is 71.8. The summed E-state index contributed by atoms with van der Waals surface area (Å²) in [5, 5.41) is 110. The fourth-order valence-corrected chi connectivity index (χ4v) is 13.7. The Kier molecular flexibility index (Phi) is 50.7. The van der Waals surface area contributed by atoms with Crippen LogP contribution in [0.4, 0.5) is 0 Å². The Bertz CT molecular complexity index is 2080. The average molecular weight is 1430 g/mol. The molecule has 0 amide bonds. The number of phosphoric acid groups is 1. The predicted molar refractivity (Wildman–Crippen MR) is 370 cm³/mol. The second kappa shape index (κ2) is 55.2. The van der Waals surface area contributed by atoms with Gasteiger partial charge in [0.1, 0.15) is 98.7 Å². The number of hydrogen-bond acceptors (Lipinski definition) is 23. The number of hydrogen-bond donors (Lipinski definition) is 11. The Morgan fingerprint density at radius 2 is 0.714 bits per heavy atom. The molecule has 25 heteroatoms. The zero-order valence-corrected chi connectivity index (χ0v) is 61.0. The molecule has 0 radical (unpaired) electrons. The van der Waals surface area contributed by atoms with E-state index in [1.54, 1.807) is 0 Å². The van der Waals surface area contributed by atoms with E-state index in [1.165, 1.54) is 148 Å². The highest BCUT2D eigenvalue weighted by Gasteiger charge is 2.58. The van der Waals surface area contributed by atoms with Crippen molar-refractivity contribution in [3.8, 4) is 0 Å². The zero-order valence-electron chi connectivity index (χ0n) is 60.1. The van der Waals surface area contributed by atoms with E-state index in [9.17, 15) is 74.9 Å². The number of aliphatic hydroxyl groups excluding tert-OH is 10. The molecule has 18 unspecified atom stereocenters. The van der Waals surface area contributed by atoms with Crippen molar-refractivity contribution in [3.63, 3.8) is 0 Å². The first-order chi connectivity index (χ1) is 47.3. The summed E-state index contributed by atoms with van der Waals surface area (Å²) in [5.41, 5.74) is 0. The number of rotatable bonds is 60. The van der Waals surface area contributed by atoms with E-state index in [0.29, 0.717) is 19.3 Å². The van der Waals surface area contributed by atoms with Crippen LogP contribution in [0.5, 0.6) is 0 Å². The van der Waals surface area contributed by atoms with Crippen LogP contribution in [0, 0.1) is 0 Å². The number of carbonyl (C=O) groups excluding carboxylic acids is 3. The first-order valence-corrected chi connectivity index (χ1v) is 40.0. The van der Waals surface area contributed by atoms with Crippen molar-refractivity contribution in [1.82, 2.24) is 0 Å². The quantitative estimate of drug-likeness (QED) is 0.00886. The van der Waals surface area contributed by atoms with Gasteiger partial charge in [-0.25, -0.2) is 4.57 Å². The lowest BCUT2D eigenvalue weighted by Crippen LogP contribution is -2.69. The number of ether oxygens (including phenoxy) is 7. The Balaban J connectivity index is 1.73. The van der Waals surface area contributed by atoms with Crippen LogP contribution in [0.25, 0.3) is 0 Å². The largest absolute Gasteiger partial charge is 0.472 e. The van der Waals surface area contributed by atoms with Gasteiger partial charge in [0.2, 0.25) is 0 Å². The Labute approximate surface area is 586 Å². The monoisotopic (exact) mass is 1430 g/mol. The molecule has 98 heavy (non-hydrogen) atoms. The molecule has 3 rings (SSSR count). The Morgan fingerprint density at radius 1 is 0.388 bits per heavy atom. The van der Waals surface area contributed by atoms with Crippen molar-refractivity contribution < 1.29 is 117 Å². The van der Waals surface area contributed by atoms with Crippen molar-refractivity contribution in [3.05, 3.63) is 12.2 Å². The summed E-state index contributed by atoms with van der Waals surface area (Å²) < 4.78 is 65.0. The topological polar surface area (TPSA) is 374 Å². The molecule has 0 aromatic carbocycles. The van der Waals surface area contributed by atoms with Crippen LogP contribution in [-0.4, -0.2) is 204 Å². The Morgan fingerprint density at radius 3 is 1.11 bits per heavy atom. The lowest BCUT2D eigenvalue weighted by Gasteiger charge is -2.49. The third kappa shape index (κ3) is 37.9. The average Bonchev–Trinajstić information content (AvgIpc) is 0.764. The van der Waals surface area contributed by atoms with Gasteiger partial charge >= 0.3 is 25.7 Å². The SMILES string of the molecule is CCCCCCCCC/C=C\CCCCCC(=O)OCC1OC(OC2C(O)C(O)C(O)C(OC3OC(CO)C(O)C(O)C3O)C2OP(=O)(O)OCC(COC(=O)CCCCCCCCCCCCCCC)OC(=O)CCCCCCCCCCCCCCCCCC)C(O)C(O)C1O. The van der Waals surface area contributed by atoms with E-state index in [4.69, 9.17) is 42.2 Å². The van der Waals surface area contributed by atoms with Gasteiger partial charge in [0.15, 0.2) is 18.7 Å². The van der Waals surface area contributed by atoms with Crippen LogP contribution in [0.2, 0.25) is 0 Å². The third-order valence-corrected chi connectivity index (χ3v) is 20.0. The molecular weight excluding hydrogens is 1290 g/mol. The maximum Gasteiger partial charge on any atom is 0.472 e. The summed E-state index contributed by atoms with van der Waals surface area (Å²) >= 11 is 0. The lowest BCUT2D eigenvalue weighted by atomic mass is 9.84. The minimum atomic E-state index is -5.69. The molecule has 11 N–H and O–H groups in total. The van der Waals surface area contributed by atoms with Gasteiger partial charge in [-0.2, -0.15) is 0 Å². The molecule has 0 bridgehead atoms. The molecule has 2 aliphatic heterocycles. The van der Waals surface area contributed by atoms with Crippen LogP contribution >= 0.6 is 7.82 Å². The van der Waals surface area contributed by atoms with Gasteiger partial charge in [-0.3, -0.25) is 23.4 Å². The molecule has 0 aromatic heterocycles. The van der Waals surface area contributed by atoms with Crippen LogP contribution < -0.4 is 0 Å². The minimum absolute atomic E-state index is 0.00967. The van der Waals surface area contributed by atoms with E-state index in [1.807, 2.05) is 0 Å². The van der Waals surface area contributed by atoms with E-state index in [-0.39, 0.29) is 19.3 Å². The van der Waals surface area contributed by atoms with Gasteiger partial charge in [-0.1, -0.05) is 251 Å². The molecule has 1 saturated carbocycles. The van der Waals surface area contributed by atoms with E-state index >= 15 is 0 Å². The van der Waals surface area contributed by atoms with Gasteiger partial charge < -0.3 is 89.1 Å². The first kappa shape index (κ1) is 89.9. The highest BCUT2D eigenvalue weighted by atomic mass is 31.2. The van der Waals surface area contributed by atoms with Crippen molar-refractivity contribution >= 4 is 25.7 Å². The van der Waals surface area contributed by atoms with E-state index in [2.05, 4.69) is 32.9 Å². The molecule has 0 aromatic rings.